The van der Waals surface area contributed by atoms with E-state index in [1.807, 2.05) is 26.8 Å². The highest BCUT2D eigenvalue weighted by atomic mass is 16.7. The Hall–Kier alpha value is -2.72. The monoisotopic (exact) mass is 483 g/mol. The third kappa shape index (κ3) is 10.9. The molecule has 5 atom stereocenters. The summed E-state index contributed by atoms with van der Waals surface area (Å²) in [5.41, 5.74) is 2.35. The van der Waals surface area contributed by atoms with Gasteiger partial charge in [0, 0.05) is 27.7 Å². The number of hydrogen-bond donors (Lipinski definition) is 1. The van der Waals surface area contributed by atoms with Crippen LogP contribution in [0.1, 0.15) is 61.3 Å². The van der Waals surface area contributed by atoms with Crippen molar-refractivity contribution in [2.45, 2.75) is 92.0 Å². The van der Waals surface area contributed by atoms with E-state index in [4.69, 9.17) is 23.7 Å². The maximum Gasteiger partial charge on any atom is 0.303 e. The molecule has 0 radical (unpaired) electrons. The average molecular weight is 484 g/mol. The molecule has 0 saturated carbocycles. The van der Waals surface area contributed by atoms with Gasteiger partial charge in [-0.3, -0.25) is 19.2 Å². The molecule has 0 aromatic carbocycles. The molecule has 10 nitrogen and oxygen atoms in total. The molecule has 0 unspecified atom stereocenters. The maximum absolute atomic E-state index is 11.9. The summed E-state index contributed by atoms with van der Waals surface area (Å²) in [4.78, 5) is 46.9. The normalized spacial score (nSPS) is 24.6. The molecule has 0 aromatic heterocycles. The van der Waals surface area contributed by atoms with Gasteiger partial charge in [-0.1, -0.05) is 23.3 Å². The predicted octanol–water partition coefficient (Wildman–Crippen LogP) is 2.35. The Labute approximate surface area is 201 Å². The van der Waals surface area contributed by atoms with E-state index in [9.17, 15) is 19.2 Å². The molecule has 10 heteroatoms. The van der Waals surface area contributed by atoms with Crippen LogP contribution in [0.2, 0.25) is 0 Å². The van der Waals surface area contributed by atoms with Crippen molar-refractivity contribution in [2.75, 3.05) is 13.2 Å². The molecule has 34 heavy (non-hydrogen) atoms. The number of amides is 1. The van der Waals surface area contributed by atoms with E-state index in [1.165, 1.54) is 33.3 Å². The number of ether oxygens (including phenoxy) is 5. The minimum atomic E-state index is -1.14. The molecule has 1 fully saturated rings. The van der Waals surface area contributed by atoms with Gasteiger partial charge >= 0.3 is 17.9 Å². The molecule has 1 heterocycles. The molecule has 1 N–H and O–H groups in total. The second kappa shape index (κ2) is 14.5. The summed E-state index contributed by atoms with van der Waals surface area (Å²) in [6.45, 7) is 10.9. The lowest BCUT2D eigenvalue weighted by molar-refractivity contribution is -0.275. The topological polar surface area (TPSA) is 126 Å². The summed E-state index contributed by atoms with van der Waals surface area (Å²) in [5.74, 6) is -2.30. The number of allylic oxidation sites excluding steroid dienone is 3. The van der Waals surface area contributed by atoms with Crippen molar-refractivity contribution in [2.24, 2.45) is 0 Å². The lowest BCUT2D eigenvalue weighted by Crippen LogP contribution is -2.66. The van der Waals surface area contributed by atoms with Crippen molar-refractivity contribution in [1.29, 1.82) is 0 Å². The highest BCUT2D eigenvalue weighted by Crippen LogP contribution is 2.28. The second-order valence-corrected chi connectivity index (χ2v) is 8.42. The van der Waals surface area contributed by atoms with Crippen molar-refractivity contribution >= 4 is 23.8 Å². The van der Waals surface area contributed by atoms with E-state index in [-0.39, 0.29) is 13.2 Å². The van der Waals surface area contributed by atoms with Gasteiger partial charge in [-0.2, -0.15) is 0 Å². The first kappa shape index (κ1) is 29.3. The highest BCUT2D eigenvalue weighted by Gasteiger charge is 2.51. The zero-order valence-electron chi connectivity index (χ0n) is 21.0. The molecule has 0 aromatic rings. The standard InChI is InChI=1S/C24H37NO9/c1-14(2)9-8-10-15(3)11-12-30-24-21(25-16(4)26)23(33-19(7)29)22(32-18(6)28)20(34-24)13-31-17(5)27/h9,11,20-24H,8,10,12-13H2,1-7H3,(H,25,26)/t20-,21-,22-,23-,24-/m1/s1. The van der Waals surface area contributed by atoms with Gasteiger partial charge in [0.05, 0.1) is 6.61 Å². The molecule has 0 bridgehead atoms. The van der Waals surface area contributed by atoms with Crippen molar-refractivity contribution < 1.29 is 42.9 Å². The summed E-state index contributed by atoms with van der Waals surface area (Å²) in [6, 6.07) is -0.973. The Kier molecular flexibility index (Phi) is 12.5. The van der Waals surface area contributed by atoms with E-state index in [1.54, 1.807) is 0 Å². The van der Waals surface area contributed by atoms with Crippen LogP contribution >= 0.6 is 0 Å². The van der Waals surface area contributed by atoms with Crippen LogP contribution in [0.5, 0.6) is 0 Å². The van der Waals surface area contributed by atoms with E-state index < -0.39 is 54.5 Å². The van der Waals surface area contributed by atoms with E-state index in [0.29, 0.717) is 0 Å². The molecule has 0 aliphatic carbocycles. The summed E-state index contributed by atoms with van der Waals surface area (Å²) >= 11 is 0. The van der Waals surface area contributed by atoms with Crippen LogP contribution in [0.4, 0.5) is 0 Å². The van der Waals surface area contributed by atoms with Gasteiger partial charge in [-0.25, -0.2) is 0 Å². The van der Waals surface area contributed by atoms with Crippen LogP contribution in [0.3, 0.4) is 0 Å². The van der Waals surface area contributed by atoms with E-state index in [0.717, 1.165) is 18.4 Å². The van der Waals surface area contributed by atoms with Crippen LogP contribution < -0.4 is 5.32 Å². The summed E-state index contributed by atoms with van der Waals surface area (Å²) < 4.78 is 27.7. The molecule has 1 aliphatic rings. The first-order valence-corrected chi connectivity index (χ1v) is 11.2. The summed E-state index contributed by atoms with van der Waals surface area (Å²) in [6.07, 6.45) is 1.47. The van der Waals surface area contributed by atoms with Crippen LogP contribution in [0.15, 0.2) is 23.3 Å². The Morgan fingerprint density at radius 1 is 0.853 bits per heavy atom. The average Bonchev–Trinajstić information content (AvgIpc) is 2.69. The van der Waals surface area contributed by atoms with E-state index >= 15 is 0 Å². The Morgan fingerprint density at radius 3 is 2.00 bits per heavy atom. The van der Waals surface area contributed by atoms with E-state index in [2.05, 4.69) is 11.4 Å². The molecule has 192 valence electrons. The maximum atomic E-state index is 11.9. The summed E-state index contributed by atoms with van der Waals surface area (Å²) in [7, 11) is 0. The molecular formula is C24H37NO9. The SMILES string of the molecule is CC(=O)N[C@H]1[C@H](OCC=C(C)CCC=C(C)C)O[C@H](COC(C)=O)[C@@H](OC(C)=O)[C@@H]1OC(C)=O. The van der Waals surface area contributed by atoms with Gasteiger partial charge in [0.1, 0.15) is 18.8 Å². The Bertz CT molecular complexity index is 785. The number of nitrogens with one attached hydrogen (secondary N) is 1. The minimum absolute atomic E-state index is 0.159. The van der Waals surface area contributed by atoms with Crippen molar-refractivity contribution in [3.8, 4) is 0 Å². The third-order valence-corrected chi connectivity index (χ3v) is 4.85. The first-order valence-electron chi connectivity index (χ1n) is 11.2. The number of rotatable bonds is 11. The fourth-order valence-electron chi connectivity index (χ4n) is 3.41. The molecule has 1 rings (SSSR count). The van der Waals surface area contributed by atoms with Gasteiger partial charge in [0.25, 0.3) is 0 Å². The fraction of sp³-hybridized carbons (Fsp3) is 0.667. The first-order chi connectivity index (χ1) is 15.9. The van der Waals surface area contributed by atoms with Crippen molar-refractivity contribution in [3.05, 3.63) is 23.3 Å². The van der Waals surface area contributed by atoms with Crippen LogP contribution in [-0.2, 0) is 42.9 Å². The molecular weight excluding hydrogens is 446 g/mol. The molecule has 1 saturated heterocycles. The lowest BCUT2D eigenvalue weighted by Gasteiger charge is -2.44. The van der Waals surface area contributed by atoms with Gasteiger partial charge in [-0.05, 0) is 33.6 Å². The van der Waals surface area contributed by atoms with Gasteiger partial charge < -0.3 is 29.0 Å². The third-order valence-electron chi connectivity index (χ3n) is 4.85. The molecule has 1 aliphatic heterocycles. The Balaban J connectivity index is 3.15. The van der Waals surface area contributed by atoms with Crippen LogP contribution in [0.25, 0.3) is 0 Å². The van der Waals surface area contributed by atoms with Gasteiger partial charge in [0.2, 0.25) is 5.91 Å². The van der Waals surface area contributed by atoms with Gasteiger partial charge in [-0.15, -0.1) is 0 Å². The largest absolute Gasteiger partial charge is 0.463 e. The number of carbonyl (C=O) groups excluding carboxylic acids is 4. The number of carbonyl (C=O) groups is 4. The van der Waals surface area contributed by atoms with Gasteiger partial charge in [0.15, 0.2) is 18.5 Å². The number of hydrogen-bond acceptors (Lipinski definition) is 9. The quantitative estimate of drug-likeness (QED) is 0.268. The zero-order chi connectivity index (χ0) is 25.8. The van der Waals surface area contributed by atoms with Crippen LogP contribution in [-0.4, -0.2) is 67.7 Å². The van der Waals surface area contributed by atoms with Crippen molar-refractivity contribution in [1.82, 2.24) is 5.32 Å². The lowest BCUT2D eigenvalue weighted by atomic mass is 9.96. The summed E-state index contributed by atoms with van der Waals surface area (Å²) in [5, 5.41) is 2.67. The Morgan fingerprint density at radius 2 is 1.47 bits per heavy atom. The van der Waals surface area contributed by atoms with Crippen LogP contribution in [0, 0.1) is 0 Å². The number of esters is 3. The predicted molar refractivity (Wildman–Crippen MR) is 122 cm³/mol. The zero-order valence-corrected chi connectivity index (χ0v) is 21.0. The molecule has 1 amide bonds. The second-order valence-electron chi connectivity index (χ2n) is 8.42. The molecule has 0 spiro atoms. The van der Waals surface area contributed by atoms with Crippen molar-refractivity contribution in [3.63, 3.8) is 0 Å². The fourth-order valence-corrected chi connectivity index (χ4v) is 3.41. The minimum Gasteiger partial charge on any atom is -0.463 e. The smallest absolute Gasteiger partial charge is 0.303 e. The highest BCUT2D eigenvalue weighted by molar-refractivity contribution is 5.73.